The molecule has 84 valence electrons. The van der Waals surface area contributed by atoms with Gasteiger partial charge in [-0.1, -0.05) is 0 Å². The third-order valence-corrected chi connectivity index (χ3v) is 3.45. The Kier molecular flexibility index (Phi) is 2.70. The summed E-state index contributed by atoms with van der Waals surface area (Å²) in [4.78, 5) is 11.6. The van der Waals surface area contributed by atoms with E-state index in [1.165, 1.54) is 11.3 Å². The molecule has 0 bridgehead atoms. The molecule has 0 aliphatic rings. The number of carbonyl (C=O) groups excluding carboxylic acids is 1. The molecule has 0 aliphatic heterocycles. The van der Waals surface area contributed by atoms with Crippen molar-refractivity contribution in [1.82, 2.24) is 0 Å². The van der Waals surface area contributed by atoms with Crippen LogP contribution in [0.2, 0.25) is 0 Å². The lowest BCUT2D eigenvalue weighted by molar-refractivity contribution is 0.100. The number of primary amides is 1. The Balaban J connectivity index is 2.75. The van der Waals surface area contributed by atoms with Crippen LogP contribution in [0.15, 0.2) is 18.2 Å². The molecule has 0 radical (unpaired) electrons. The molecule has 0 saturated carbocycles. The predicted molar refractivity (Wildman–Crippen MR) is 63.4 cm³/mol. The van der Waals surface area contributed by atoms with Crippen LogP contribution in [0.3, 0.4) is 0 Å². The molecular formula is C11H11NO3S. The van der Waals surface area contributed by atoms with Gasteiger partial charge in [0.15, 0.2) is 0 Å². The van der Waals surface area contributed by atoms with Crippen molar-refractivity contribution in [1.29, 1.82) is 0 Å². The summed E-state index contributed by atoms with van der Waals surface area (Å²) >= 11 is 1.31. The lowest BCUT2D eigenvalue weighted by atomic mass is 10.2. The number of amides is 1. The van der Waals surface area contributed by atoms with Gasteiger partial charge in [0.05, 0.1) is 23.8 Å². The van der Waals surface area contributed by atoms with E-state index in [9.17, 15) is 4.79 Å². The molecule has 0 unspecified atom stereocenters. The van der Waals surface area contributed by atoms with Gasteiger partial charge in [-0.2, -0.15) is 0 Å². The van der Waals surface area contributed by atoms with E-state index in [0.717, 1.165) is 10.1 Å². The normalized spacial score (nSPS) is 10.4. The number of thiophene rings is 1. The van der Waals surface area contributed by atoms with E-state index in [-0.39, 0.29) is 0 Å². The molecule has 2 N–H and O–H groups in total. The maximum Gasteiger partial charge on any atom is 0.258 e. The Morgan fingerprint density at radius 1 is 1.25 bits per heavy atom. The number of carbonyl (C=O) groups is 1. The second-order valence-corrected chi connectivity index (χ2v) is 4.24. The Labute approximate surface area is 96.6 Å². The molecule has 0 spiro atoms. The van der Waals surface area contributed by atoms with Gasteiger partial charge in [-0.3, -0.25) is 4.79 Å². The highest BCUT2D eigenvalue weighted by Gasteiger charge is 2.13. The SMILES string of the molecule is COc1ccc(OC)c2sc(C(N)=O)cc12. The summed E-state index contributed by atoms with van der Waals surface area (Å²) in [5, 5.41) is 0.848. The molecule has 16 heavy (non-hydrogen) atoms. The Bertz CT molecular complexity index is 506. The van der Waals surface area contributed by atoms with Crippen molar-refractivity contribution in [3.63, 3.8) is 0 Å². The van der Waals surface area contributed by atoms with Gasteiger partial charge >= 0.3 is 0 Å². The van der Waals surface area contributed by atoms with E-state index in [1.54, 1.807) is 26.4 Å². The zero-order valence-corrected chi connectivity index (χ0v) is 9.76. The molecule has 1 amide bonds. The molecule has 5 heteroatoms. The molecule has 2 rings (SSSR count). The maximum absolute atomic E-state index is 11.1. The van der Waals surface area contributed by atoms with E-state index in [2.05, 4.69) is 0 Å². The predicted octanol–water partition coefficient (Wildman–Crippen LogP) is 2.02. The van der Waals surface area contributed by atoms with Crippen molar-refractivity contribution < 1.29 is 14.3 Å². The fourth-order valence-electron chi connectivity index (χ4n) is 1.53. The minimum atomic E-state index is -0.440. The van der Waals surface area contributed by atoms with Gasteiger partial charge in [-0.25, -0.2) is 0 Å². The Hall–Kier alpha value is -1.75. The third-order valence-electron chi connectivity index (χ3n) is 2.29. The number of nitrogens with two attached hydrogens (primary N) is 1. The minimum Gasteiger partial charge on any atom is -0.496 e. The minimum absolute atomic E-state index is 0.440. The summed E-state index contributed by atoms with van der Waals surface area (Å²) in [5.74, 6) is 0.984. The van der Waals surface area contributed by atoms with Crippen LogP contribution in [0.1, 0.15) is 9.67 Å². The maximum atomic E-state index is 11.1. The standard InChI is InChI=1S/C11H11NO3S/c1-14-7-3-4-8(15-2)10-6(7)5-9(16-10)11(12)13/h3-5H,1-2H3,(H2,12,13). The average Bonchev–Trinajstić information content (AvgIpc) is 2.72. The van der Waals surface area contributed by atoms with E-state index in [4.69, 9.17) is 15.2 Å². The molecule has 0 atom stereocenters. The topological polar surface area (TPSA) is 61.6 Å². The number of hydrogen-bond donors (Lipinski definition) is 1. The fraction of sp³-hybridized carbons (Fsp3) is 0.182. The van der Waals surface area contributed by atoms with Gasteiger partial charge in [-0.15, -0.1) is 11.3 Å². The monoisotopic (exact) mass is 237 g/mol. The summed E-state index contributed by atoms with van der Waals surface area (Å²) in [6.45, 7) is 0. The van der Waals surface area contributed by atoms with Gasteiger partial charge in [0, 0.05) is 5.39 Å². The fourth-order valence-corrected chi connectivity index (χ4v) is 2.55. The van der Waals surface area contributed by atoms with Crippen molar-refractivity contribution in [2.24, 2.45) is 5.73 Å². The van der Waals surface area contributed by atoms with Crippen molar-refractivity contribution in [3.8, 4) is 11.5 Å². The largest absolute Gasteiger partial charge is 0.496 e. The molecule has 0 saturated heterocycles. The Morgan fingerprint density at radius 3 is 2.44 bits per heavy atom. The van der Waals surface area contributed by atoms with Crippen LogP contribution in [-0.4, -0.2) is 20.1 Å². The third kappa shape index (κ3) is 1.59. The zero-order chi connectivity index (χ0) is 11.7. The Morgan fingerprint density at radius 2 is 1.88 bits per heavy atom. The zero-order valence-electron chi connectivity index (χ0n) is 8.94. The molecule has 1 aromatic heterocycles. The van der Waals surface area contributed by atoms with Crippen LogP contribution in [0.4, 0.5) is 0 Å². The van der Waals surface area contributed by atoms with E-state index < -0.39 is 5.91 Å². The smallest absolute Gasteiger partial charge is 0.258 e. The summed E-state index contributed by atoms with van der Waals surface area (Å²) in [7, 11) is 3.17. The first-order chi connectivity index (χ1) is 7.67. The number of hydrogen-bond acceptors (Lipinski definition) is 4. The molecular weight excluding hydrogens is 226 g/mol. The van der Waals surface area contributed by atoms with Gasteiger partial charge in [0.2, 0.25) is 0 Å². The first-order valence-corrected chi connectivity index (χ1v) is 5.43. The lowest BCUT2D eigenvalue weighted by Crippen LogP contribution is -2.08. The van der Waals surface area contributed by atoms with Crippen LogP contribution >= 0.6 is 11.3 Å². The summed E-state index contributed by atoms with van der Waals surface area (Å²) in [6.07, 6.45) is 0. The van der Waals surface area contributed by atoms with Crippen LogP contribution in [0.25, 0.3) is 10.1 Å². The van der Waals surface area contributed by atoms with Crippen molar-refractivity contribution in [2.75, 3.05) is 14.2 Å². The van der Waals surface area contributed by atoms with E-state index >= 15 is 0 Å². The van der Waals surface area contributed by atoms with E-state index in [1.807, 2.05) is 6.07 Å². The quantitative estimate of drug-likeness (QED) is 0.888. The highest BCUT2D eigenvalue weighted by atomic mass is 32.1. The van der Waals surface area contributed by atoms with Crippen molar-refractivity contribution in [3.05, 3.63) is 23.1 Å². The molecule has 1 aromatic carbocycles. The molecule has 1 heterocycles. The summed E-state index contributed by atoms with van der Waals surface area (Å²) in [6, 6.07) is 5.34. The molecule has 4 nitrogen and oxygen atoms in total. The first-order valence-electron chi connectivity index (χ1n) is 4.61. The summed E-state index contributed by atoms with van der Waals surface area (Å²) in [5.41, 5.74) is 5.25. The molecule has 0 fully saturated rings. The molecule has 0 aliphatic carbocycles. The highest BCUT2D eigenvalue weighted by molar-refractivity contribution is 7.21. The highest BCUT2D eigenvalue weighted by Crippen LogP contribution is 2.38. The molecule has 2 aromatic rings. The van der Waals surface area contributed by atoms with Crippen molar-refractivity contribution >= 4 is 27.3 Å². The number of fused-ring (bicyclic) bond motifs is 1. The second kappa shape index (κ2) is 4.02. The van der Waals surface area contributed by atoms with E-state index in [0.29, 0.717) is 16.4 Å². The lowest BCUT2D eigenvalue weighted by Gasteiger charge is -2.04. The number of methoxy groups -OCH3 is 2. The van der Waals surface area contributed by atoms with Crippen LogP contribution in [-0.2, 0) is 0 Å². The average molecular weight is 237 g/mol. The van der Waals surface area contributed by atoms with Crippen LogP contribution in [0, 0.1) is 0 Å². The van der Waals surface area contributed by atoms with Gasteiger partial charge < -0.3 is 15.2 Å². The summed E-state index contributed by atoms with van der Waals surface area (Å²) < 4.78 is 11.3. The van der Waals surface area contributed by atoms with Gasteiger partial charge in [-0.05, 0) is 18.2 Å². The van der Waals surface area contributed by atoms with Crippen molar-refractivity contribution in [2.45, 2.75) is 0 Å². The number of benzene rings is 1. The van der Waals surface area contributed by atoms with Crippen LogP contribution < -0.4 is 15.2 Å². The van der Waals surface area contributed by atoms with Crippen LogP contribution in [0.5, 0.6) is 11.5 Å². The van der Waals surface area contributed by atoms with Gasteiger partial charge in [0.25, 0.3) is 5.91 Å². The number of ether oxygens (including phenoxy) is 2. The second-order valence-electron chi connectivity index (χ2n) is 3.19. The van der Waals surface area contributed by atoms with Gasteiger partial charge in [0.1, 0.15) is 11.5 Å². The first kappa shape index (κ1) is 10.8. The number of rotatable bonds is 3.